The van der Waals surface area contributed by atoms with Gasteiger partial charge < -0.3 is 5.73 Å². The van der Waals surface area contributed by atoms with E-state index >= 15 is 0 Å². The van der Waals surface area contributed by atoms with Crippen molar-refractivity contribution in [3.8, 4) is 0 Å². The molecule has 0 radical (unpaired) electrons. The predicted octanol–water partition coefficient (Wildman–Crippen LogP) is 3.64. The molecular weight excluding hydrogens is 302 g/mol. The van der Waals surface area contributed by atoms with Crippen LogP contribution >= 0.6 is 12.2 Å². The first-order chi connectivity index (χ1) is 11.3. The van der Waals surface area contributed by atoms with Crippen molar-refractivity contribution in [2.45, 2.75) is 25.3 Å². The van der Waals surface area contributed by atoms with Crippen LogP contribution in [0, 0.1) is 5.92 Å². The van der Waals surface area contributed by atoms with Crippen molar-refractivity contribution in [3.63, 3.8) is 0 Å². The van der Waals surface area contributed by atoms with Crippen LogP contribution in [0.25, 0.3) is 0 Å². The Morgan fingerprint density at radius 3 is 2.61 bits per heavy atom. The average Bonchev–Trinajstić information content (AvgIpc) is 2.86. The van der Waals surface area contributed by atoms with Crippen LogP contribution in [-0.4, -0.2) is 15.8 Å². The van der Waals surface area contributed by atoms with E-state index in [9.17, 15) is 0 Å². The Bertz CT molecular complexity index is 769. The molecular formula is C19H19N3S. The first kappa shape index (κ1) is 14.4. The maximum absolute atomic E-state index is 5.99. The molecule has 1 heterocycles. The fourth-order valence-electron chi connectivity index (χ4n) is 3.83. The summed E-state index contributed by atoms with van der Waals surface area (Å²) < 4.78 is 0. The van der Waals surface area contributed by atoms with Crippen molar-refractivity contribution < 1.29 is 0 Å². The number of hydrogen-bond acceptors (Lipinski definition) is 2. The summed E-state index contributed by atoms with van der Waals surface area (Å²) in [6, 6.07) is 19.1. The standard InChI is InChI=1S/C19H19N3S/c20-19(23)22-18(14-8-2-1-3-9-14)16-12-6-10-13-7-4-5-11-15(13)17(16)21-22/h1-5,7-9,11,16,18H,6,10,12H2,(H2,20,23)/t16-,18+/m0/s1. The number of hydrogen-bond donors (Lipinski definition) is 1. The molecule has 0 saturated carbocycles. The van der Waals surface area contributed by atoms with Crippen LogP contribution in [0.2, 0.25) is 0 Å². The molecule has 4 rings (SSSR count). The van der Waals surface area contributed by atoms with Crippen molar-refractivity contribution in [3.05, 3.63) is 71.3 Å². The van der Waals surface area contributed by atoms with E-state index < -0.39 is 0 Å². The molecule has 0 spiro atoms. The number of nitrogens with two attached hydrogens (primary N) is 1. The van der Waals surface area contributed by atoms with Crippen molar-refractivity contribution in [1.82, 2.24) is 5.01 Å². The minimum Gasteiger partial charge on any atom is -0.375 e. The van der Waals surface area contributed by atoms with Crippen molar-refractivity contribution in [1.29, 1.82) is 0 Å². The van der Waals surface area contributed by atoms with Crippen LogP contribution in [0.3, 0.4) is 0 Å². The topological polar surface area (TPSA) is 41.6 Å². The van der Waals surface area contributed by atoms with E-state index in [-0.39, 0.29) is 6.04 Å². The fraction of sp³-hybridized carbons (Fsp3) is 0.263. The molecule has 1 aliphatic heterocycles. The van der Waals surface area contributed by atoms with E-state index in [0.29, 0.717) is 11.0 Å². The second-order valence-electron chi connectivity index (χ2n) is 6.18. The smallest absolute Gasteiger partial charge is 0.187 e. The van der Waals surface area contributed by atoms with E-state index in [1.165, 1.54) is 16.7 Å². The molecule has 0 aromatic heterocycles. The third-order valence-electron chi connectivity index (χ3n) is 4.83. The highest BCUT2D eigenvalue weighted by Gasteiger charge is 2.41. The van der Waals surface area contributed by atoms with Crippen LogP contribution in [0.4, 0.5) is 0 Å². The lowest BCUT2D eigenvalue weighted by Gasteiger charge is -2.27. The number of rotatable bonds is 1. The molecule has 0 saturated heterocycles. The van der Waals surface area contributed by atoms with Gasteiger partial charge in [-0.25, -0.2) is 5.01 Å². The Balaban J connectivity index is 1.84. The van der Waals surface area contributed by atoms with Gasteiger partial charge in [-0.15, -0.1) is 0 Å². The van der Waals surface area contributed by atoms with Gasteiger partial charge >= 0.3 is 0 Å². The van der Waals surface area contributed by atoms with E-state index in [1.807, 2.05) is 11.1 Å². The molecule has 23 heavy (non-hydrogen) atoms. The van der Waals surface area contributed by atoms with E-state index in [4.69, 9.17) is 23.1 Å². The second-order valence-corrected chi connectivity index (χ2v) is 6.60. The van der Waals surface area contributed by atoms with E-state index in [1.54, 1.807) is 0 Å². The average molecular weight is 321 g/mol. The Morgan fingerprint density at radius 2 is 1.83 bits per heavy atom. The Labute approximate surface area is 141 Å². The van der Waals surface area contributed by atoms with Crippen LogP contribution in [0.5, 0.6) is 0 Å². The summed E-state index contributed by atoms with van der Waals surface area (Å²) in [5.74, 6) is 0.336. The molecule has 2 N–H and O–H groups in total. The van der Waals surface area contributed by atoms with Gasteiger partial charge in [0.15, 0.2) is 5.11 Å². The summed E-state index contributed by atoms with van der Waals surface area (Å²) in [5, 5.41) is 7.04. The number of benzene rings is 2. The molecule has 2 aromatic rings. The maximum atomic E-state index is 5.99. The van der Waals surface area contributed by atoms with Gasteiger partial charge in [-0.3, -0.25) is 0 Å². The first-order valence-electron chi connectivity index (χ1n) is 8.06. The quantitative estimate of drug-likeness (QED) is 0.815. The largest absolute Gasteiger partial charge is 0.375 e. The lowest BCUT2D eigenvalue weighted by atomic mass is 9.85. The van der Waals surface area contributed by atoms with Gasteiger partial charge in [0.2, 0.25) is 0 Å². The SMILES string of the molecule is NC(=S)N1N=C2c3ccccc3CCC[C@@H]2[C@H]1c1ccccc1. The third kappa shape index (κ3) is 2.43. The molecule has 0 amide bonds. The van der Waals surface area contributed by atoms with Gasteiger partial charge in [-0.1, -0.05) is 54.6 Å². The molecule has 0 unspecified atom stereocenters. The molecule has 2 aliphatic rings. The van der Waals surface area contributed by atoms with Crippen LogP contribution in [-0.2, 0) is 6.42 Å². The lowest BCUT2D eigenvalue weighted by molar-refractivity contribution is 0.308. The highest BCUT2D eigenvalue weighted by atomic mass is 32.1. The molecule has 116 valence electrons. The Hall–Kier alpha value is -2.20. The summed E-state index contributed by atoms with van der Waals surface area (Å²) in [4.78, 5) is 0. The van der Waals surface area contributed by atoms with Crippen molar-refractivity contribution in [2.75, 3.05) is 0 Å². The molecule has 2 atom stereocenters. The molecule has 3 nitrogen and oxygen atoms in total. The van der Waals surface area contributed by atoms with Gasteiger partial charge in [-0.05, 0) is 42.6 Å². The van der Waals surface area contributed by atoms with Crippen LogP contribution < -0.4 is 5.73 Å². The summed E-state index contributed by atoms with van der Waals surface area (Å²) in [7, 11) is 0. The number of thiocarbonyl (C=S) groups is 1. The fourth-order valence-corrected chi connectivity index (χ4v) is 3.99. The Kier molecular flexibility index (Phi) is 3.62. The molecule has 2 aromatic carbocycles. The van der Waals surface area contributed by atoms with Crippen molar-refractivity contribution >= 4 is 23.0 Å². The zero-order valence-corrected chi connectivity index (χ0v) is 13.7. The second kappa shape index (κ2) is 5.78. The zero-order valence-electron chi connectivity index (χ0n) is 12.9. The van der Waals surface area contributed by atoms with Gasteiger partial charge in [0.05, 0.1) is 11.8 Å². The number of hydrazone groups is 1. The van der Waals surface area contributed by atoms with E-state index in [0.717, 1.165) is 25.0 Å². The lowest BCUT2D eigenvalue weighted by Crippen LogP contribution is -2.34. The predicted molar refractivity (Wildman–Crippen MR) is 97.2 cm³/mol. The monoisotopic (exact) mass is 321 g/mol. The highest BCUT2D eigenvalue weighted by molar-refractivity contribution is 7.80. The molecule has 0 bridgehead atoms. The summed E-state index contributed by atoms with van der Waals surface area (Å²) in [6.45, 7) is 0. The zero-order chi connectivity index (χ0) is 15.8. The summed E-state index contributed by atoms with van der Waals surface area (Å²) in [5.41, 5.74) is 11.0. The van der Waals surface area contributed by atoms with Gasteiger partial charge in [0.25, 0.3) is 0 Å². The number of fused-ring (bicyclic) bond motifs is 3. The highest BCUT2D eigenvalue weighted by Crippen LogP contribution is 2.42. The number of aryl methyl sites for hydroxylation is 1. The maximum Gasteiger partial charge on any atom is 0.187 e. The van der Waals surface area contributed by atoms with Crippen LogP contribution in [0.15, 0.2) is 59.7 Å². The number of nitrogens with zero attached hydrogens (tertiary/aromatic N) is 2. The van der Waals surface area contributed by atoms with Gasteiger partial charge in [-0.2, -0.15) is 5.10 Å². The molecule has 0 fully saturated rings. The Morgan fingerprint density at radius 1 is 1.09 bits per heavy atom. The van der Waals surface area contributed by atoms with Crippen molar-refractivity contribution in [2.24, 2.45) is 16.8 Å². The van der Waals surface area contributed by atoms with Gasteiger partial charge in [0, 0.05) is 11.5 Å². The first-order valence-corrected chi connectivity index (χ1v) is 8.47. The summed E-state index contributed by atoms with van der Waals surface area (Å²) in [6.07, 6.45) is 3.38. The minimum atomic E-state index is 0.106. The van der Waals surface area contributed by atoms with Crippen LogP contribution in [0.1, 0.15) is 35.6 Å². The van der Waals surface area contributed by atoms with Gasteiger partial charge in [0.1, 0.15) is 0 Å². The van der Waals surface area contributed by atoms with E-state index in [2.05, 4.69) is 48.5 Å². The summed E-state index contributed by atoms with van der Waals surface area (Å²) >= 11 is 5.28. The minimum absolute atomic E-state index is 0.106. The molecule has 1 aliphatic carbocycles. The third-order valence-corrected chi connectivity index (χ3v) is 5.02. The molecule has 4 heteroatoms. The normalized spacial score (nSPS) is 22.8.